The molecule has 0 atom stereocenters. The van der Waals surface area contributed by atoms with Crippen LogP contribution in [0.2, 0.25) is 15.2 Å². The van der Waals surface area contributed by atoms with Crippen LogP contribution in [0.1, 0.15) is 18.9 Å². The van der Waals surface area contributed by atoms with E-state index in [1.807, 2.05) is 12.1 Å². The number of rotatable bonds is 3. The number of aromatic nitrogens is 1. The molecule has 2 rings (SSSR count). The lowest BCUT2D eigenvalue weighted by Crippen LogP contribution is -1.88. The van der Waals surface area contributed by atoms with Crippen molar-refractivity contribution in [1.82, 2.24) is 4.98 Å². The van der Waals surface area contributed by atoms with Crippen molar-refractivity contribution in [2.75, 3.05) is 0 Å². The molecule has 0 bridgehead atoms. The third kappa shape index (κ3) is 2.97. The lowest BCUT2D eigenvalue weighted by Gasteiger charge is -2.06. The van der Waals surface area contributed by atoms with E-state index in [4.69, 9.17) is 34.8 Å². The Morgan fingerprint density at radius 2 is 1.67 bits per heavy atom. The highest BCUT2D eigenvalue weighted by Crippen LogP contribution is 2.32. The number of aryl methyl sites for hydroxylation is 1. The van der Waals surface area contributed by atoms with Crippen LogP contribution >= 0.6 is 34.8 Å². The number of hydrogen-bond acceptors (Lipinski definition) is 1. The van der Waals surface area contributed by atoms with Crippen LogP contribution in [-0.2, 0) is 6.42 Å². The van der Waals surface area contributed by atoms with Gasteiger partial charge in [0.2, 0.25) is 0 Å². The molecule has 0 spiro atoms. The van der Waals surface area contributed by atoms with Crippen molar-refractivity contribution in [3.8, 4) is 11.3 Å². The van der Waals surface area contributed by atoms with E-state index in [0.29, 0.717) is 15.7 Å². The highest BCUT2D eigenvalue weighted by molar-refractivity contribution is 6.42. The summed E-state index contributed by atoms with van der Waals surface area (Å²) < 4.78 is 0. The van der Waals surface area contributed by atoms with Gasteiger partial charge in [-0.25, -0.2) is 4.98 Å². The second-order valence-electron chi connectivity index (χ2n) is 4.04. The first-order chi connectivity index (χ1) is 8.61. The molecule has 0 aliphatic rings. The van der Waals surface area contributed by atoms with Gasteiger partial charge in [0, 0.05) is 5.56 Å². The summed E-state index contributed by atoms with van der Waals surface area (Å²) in [4.78, 5) is 4.22. The highest BCUT2D eigenvalue weighted by atomic mass is 35.5. The molecular formula is C14H12Cl3N. The standard InChI is InChI=1S/C14H12Cl3N/c1-2-3-9-4-6-10(7-5-9)13-11(15)8-12(16)14(17)18-13/h4-8H,2-3H2,1H3. The van der Waals surface area contributed by atoms with Crippen molar-refractivity contribution < 1.29 is 0 Å². The Bertz CT molecular complexity index is 550. The van der Waals surface area contributed by atoms with Gasteiger partial charge in [-0.3, -0.25) is 0 Å². The Morgan fingerprint density at radius 3 is 2.28 bits per heavy atom. The fraction of sp³-hybridized carbons (Fsp3) is 0.214. The summed E-state index contributed by atoms with van der Waals surface area (Å²) in [6.45, 7) is 2.16. The molecule has 0 amide bonds. The number of pyridine rings is 1. The average Bonchev–Trinajstić information content (AvgIpc) is 2.35. The summed E-state index contributed by atoms with van der Waals surface area (Å²) in [5.74, 6) is 0. The van der Waals surface area contributed by atoms with Crippen LogP contribution in [0.5, 0.6) is 0 Å². The van der Waals surface area contributed by atoms with Gasteiger partial charge in [-0.2, -0.15) is 0 Å². The Balaban J connectivity index is 2.39. The average molecular weight is 301 g/mol. The largest absolute Gasteiger partial charge is 0.233 e. The molecule has 1 nitrogen and oxygen atoms in total. The molecule has 0 aliphatic heterocycles. The molecular weight excluding hydrogens is 289 g/mol. The normalized spacial score (nSPS) is 10.7. The zero-order valence-corrected chi connectivity index (χ0v) is 12.1. The van der Waals surface area contributed by atoms with Crippen molar-refractivity contribution in [3.63, 3.8) is 0 Å². The van der Waals surface area contributed by atoms with Gasteiger partial charge in [0.05, 0.1) is 15.7 Å². The minimum absolute atomic E-state index is 0.272. The minimum atomic E-state index is 0.272. The number of halogens is 3. The smallest absolute Gasteiger partial charge is 0.148 e. The van der Waals surface area contributed by atoms with Crippen LogP contribution in [-0.4, -0.2) is 4.98 Å². The number of benzene rings is 1. The second-order valence-corrected chi connectivity index (χ2v) is 5.21. The zero-order valence-electron chi connectivity index (χ0n) is 9.88. The van der Waals surface area contributed by atoms with Gasteiger partial charge in [-0.1, -0.05) is 72.4 Å². The van der Waals surface area contributed by atoms with Crippen LogP contribution < -0.4 is 0 Å². The molecule has 1 aromatic carbocycles. The van der Waals surface area contributed by atoms with Crippen LogP contribution in [0.25, 0.3) is 11.3 Å². The summed E-state index contributed by atoms with van der Waals surface area (Å²) in [5.41, 5.74) is 2.91. The van der Waals surface area contributed by atoms with E-state index in [0.717, 1.165) is 18.4 Å². The van der Waals surface area contributed by atoms with Crippen molar-refractivity contribution in [3.05, 3.63) is 51.1 Å². The minimum Gasteiger partial charge on any atom is -0.233 e. The summed E-state index contributed by atoms with van der Waals surface area (Å²) in [7, 11) is 0. The summed E-state index contributed by atoms with van der Waals surface area (Å²) >= 11 is 17.9. The van der Waals surface area contributed by atoms with Crippen LogP contribution in [0.3, 0.4) is 0 Å². The van der Waals surface area contributed by atoms with Crippen molar-refractivity contribution >= 4 is 34.8 Å². The Kier molecular flexibility index (Phi) is 4.50. The summed E-state index contributed by atoms with van der Waals surface area (Å²) in [6.07, 6.45) is 2.20. The van der Waals surface area contributed by atoms with Gasteiger partial charge in [0.1, 0.15) is 5.15 Å². The quantitative estimate of drug-likeness (QED) is 0.666. The van der Waals surface area contributed by atoms with Gasteiger partial charge < -0.3 is 0 Å². The zero-order chi connectivity index (χ0) is 13.1. The molecule has 1 aromatic heterocycles. The number of nitrogens with zero attached hydrogens (tertiary/aromatic N) is 1. The van der Waals surface area contributed by atoms with Crippen LogP contribution in [0, 0.1) is 0 Å². The first-order valence-corrected chi connectivity index (χ1v) is 6.86. The summed E-state index contributed by atoms with van der Waals surface area (Å²) in [5, 5.41) is 1.15. The Labute approximate surface area is 122 Å². The SMILES string of the molecule is CCCc1ccc(-c2nc(Cl)c(Cl)cc2Cl)cc1. The maximum absolute atomic E-state index is 6.13. The molecule has 0 aliphatic carbocycles. The first kappa shape index (κ1) is 13.7. The van der Waals surface area contributed by atoms with Crippen LogP contribution in [0.4, 0.5) is 0 Å². The van der Waals surface area contributed by atoms with Gasteiger partial charge in [0.15, 0.2) is 0 Å². The molecule has 0 fully saturated rings. The Hall–Kier alpha value is -0.760. The van der Waals surface area contributed by atoms with Crippen molar-refractivity contribution in [2.45, 2.75) is 19.8 Å². The maximum atomic E-state index is 6.13. The fourth-order valence-corrected chi connectivity index (χ4v) is 2.37. The van der Waals surface area contributed by atoms with E-state index in [1.165, 1.54) is 5.56 Å². The predicted molar refractivity (Wildman–Crippen MR) is 78.7 cm³/mol. The third-order valence-corrected chi connectivity index (χ3v) is 3.61. The Morgan fingerprint density at radius 1 is 1.00 bits per heavy atom. The lowest BCUT2D eigenvalue weighted by molar-refractivity contribution is 0.922. The fourth-order valence-electron chi connectivity index (χ4n) is 1.76. The first-order valence-electron chi connectivity index (χ1n) is 5.72. The second kappa shape index (κ2) is 5.92. The van der Waals surface area contributed by atoms with E-state index in [2.05, 4.69) is 24.0 Å². The predicted octanol–water partition coefficient (Wildman–Crippen LogP) is 5.66. The van der Waals surface area contributed by atoms with E-state index < -0.39 is 0 Å². The molecule has 2 aromatic rings. The molecule has 18 heavy (non-hydrogen) atoms. The summed E-state index contributed by atoms with van der Waals surface area (Å²) in [6, 6.07) is 9.79. The molecule has 4 heteroatoms. The molecule has 0 N–H and O–H groups in total. The van der Waals surface area contributed by atoms with Crippen LogP contribution in [0.15, 0.2) is 30.3 Å². The molecule has 0 radical (unpaired) electrons. The monoisotopic (exact) mass is 299 g/mol. The van der Waals surface area contributed by atoms with Crippen molar-refractivity contribution in [2.24, 2.45) is 0 Å². The lowest BCUT2D eigenvalue weighted by atomic mass is 10.1. The van der Waals surface area contributed by atoms with E-state index in [1.54, 1.807) is 6.07 Å². The molecule has 0 unspecified atom stereocenters. The van der Waals surface area contributed by atoms with Gasteiger partial charge >= 0.3 is 0 Å². The highest BCUT2D eigenvalue weighted by Gasteiger charge is 2.09. The number of hydrogen-bond donors (Lipinski definition) is 0. The topological polar surface area (TPSA) is 12.9 Å². The van der Waals surface area contributed by atoms with Gasteiger partial charge in [0.25, 0.3) is 0 Å². The van der Waals surface area contributed by atoms with E-state index >= 15 is 0 Å². The molecule has 0 saturated heterocycles. The maximum Gasteiger partial charge on any atom is 0.148 e. The molecule has 94 valence electrons. The van der Waals surface area contributed by atoms with Gasteiger partial charge in [-0.15, -0.1) is 0 Å². The molecule has 0 saturated carbocycles. The third-order valence-electron chi connectivity index (χ3n) is 2.65. The van der Waals surface area contributed by atoms with E-state index in [9.17, 15) is 0 Å². The van der Waals surface area contributed by atoms with E-state index in [-0.39, 0.29) is 5.15 Å². The van der Waals surface area contributed by atoms with Gasteiger partial charge in [-0.05, 0) is 18.1 Å². The molecule has 1 heterocycles. The van der Waals surface area contributed by atoms with Crippen molar-refractivity contribution in [1.29, 1.82) is 0 Å².